The van der Waals surface area contributed by atoms with Gasteiger partial charge in [0, 0.05) is 0 Å². The van der Waals surface area contributed by atoms with Gasteiger partial charge < -0.3 is 14.6 Å². The Morgan fingerprint density at radius 2 is 1.27 bits per heavy atom. The highest BCUT2D eigenvalue weighted by Gasteiger charge is 2.21. The van der Waals surface area contributed by atoms with E-state index in [1.54, 1.807) is 0 Å². The maximum atomic E-state index is 11.9. The quantitative estimate of drug-likeness (QED) is 0.360. The molecule has 4 heteroatoms. The second-order valence-corrected chi connectivity index (χ2v) is 9.37. The van der Waals surface area contributed by atoms with Crippen molar-refractivity contribution in [3.8, 4) is 0 Å². The topological polar surface area (TPSA) is 55.8 Å². The lowest BCUT2D eigenvalue weighted by Gasteiger charge is -2.20. The molecule has 0 radical (unpaired) electrons. The monoisotopic (exact) mass is 446 g/mol. The van der Waals surface area contributed by atoms with Crippen molar-refractivity contribution in [1.82, 2.24) is 0 Å². The van der Waals surface area contributed by atoms with Crippen LogP contribution in [0.2, 0.25) is 0 Å². The first-order valence-electron chi connectivity index (χ1n) is 11.4. The molecule has 1 unspecified atom stereocenters. The van der Waals surface area contributed by atoms with Crippen LogP contribution >= 0.6 is 0 Å². The highest BCUT2D eigenvalue weighted by atomic mass is 16.5. The average molecular weight is 447 g/mol. The summed E-state index contributed by atoms with van der Waals surface area (Å²) in [5, 5.41) is 9.80. The summed E-state index contributed by atoms with van der Waals surface area (Å²) in [5.41, 5.74) is 5.28. The molecule has 0 heterocycles. The number of aliphatic carboxylic acids is 1. The predicted molar refractivity (Wildman–Crippen MR) is 131 cm³/mol. The van der Waals surface area contributed by atoms with Crippen LogP contribution in [-0.4, -0.2) is 24.3 Å². The zero-order chi connectivity index (χ0) is 23.7. The molecule has 0 aliphatic carbocycles. The van der Waals surface area contributed by atoms with Gasteiger partial charge in [-0.2, -0.15) is 0 Å². The third-order valence-corrected chi connectivity index (χ3v) is 5.69. The van der Waals surface area contributed by atoms with Crippen molar-refractivity contribution in [3.63, 3.8) is 0 Å². The number of hydrogen-bond donors (Lipinski definition) is 1. The minimum absolute atomic E-state index is 0.0448. The standard InChI is InChI=1S/C29H34O4/c1-29(2,3)26-15-13-25(14-16-26)27(28(30)31)19-22-9-11-24(12-10-22)21-33-18-17-32-20-23-7-5-4-6-8-23/h4-16,27H,17-21H2,1-3H3,(H,30,31). The van der Waals surface area contributed by atoms with Gasteiger partial charge in [-0.3, -0.25) is 4.79 Å². The van der Waals surface area contributed by atoms with Gasteiger partial charge in [-0.1, -0.05) is 99.6 Å². The van der Waals surface area contributed by atoms with Crippen LogP contribution in [0.5, 0.6) is 0 Å². The van der Waals surface area contributed by atoms with Crippen molar-refractivity contribution in [1.29, 1.82) is 0 Å². The Kier molecular flexibility index (Phi) is 8.81. The van der Waals surface area contributed by atoms with Gasteiger partial charge in [0.05, 0.1) is 32.3 Å². The molecule has 0 aliphatic rings. The molecule has 0 saturated heterocycles. The number of ether oxygens (including phenoxy) is 2. The zero-order valence-electron chi connectivity index (χ0n) is 19.8. The molecule has 0 aromatic heterocycles. The second-order valence-electron chi connectivity index (χ2n) is 9.37. The summed E-state index contributed by atoms with van der Waals surface area (Å²) < 4.78 is 11.3. The Morgan fingerprint density at radius 1 is 0.758 bits per heavy atom. The van der Waals surface area contributed by atoms with Crippen LogP contribution in [0.25, 0.3) is 0 Å². The van der Waals surface area contributed by atoms with E-state index in [4.69, 9.17) is 9.47 Å². The minimum atomic E-state index is -0.804. The highest BCUT2D eigenvalue weighted by Crippen LogP contribution is 2.27. The first-order chi connectivity index (χ1) is 15.8. The SMILES string of the molecule is CC(C)(C)c1ccc(C(Cc2ccc(COCCOCc3ccccc3)cc2)C(=O)O)cc1. The number of rotatable bonds is 11. The van der Waals surface area contributed by atoms with Crippen molar-refractivity contribution in [2.24, 2.45) is 0 Å². The molecule has 0 saturated carbocycles. The van der Waals surface area contributed by atoms with Crippen LogP contribution in [0, 0.1) is 0 Å². The number of carbonyl (C=O) groups is 1. The Morgan fingerprint density at radius 3 is 1.79 bits per heavy atom. The van der Waals surface area contributed by atoms with E-state index in [1.807, 2.05) is 78.9 Å². The van der Waals surface area contributed by atoms with E-state index in [9.17, 15) is 9.90 Å². The van der Waals surface area contributed by atoms with Crippen LogP contribution in [0.4, 0.5) is 0 Å². The second kappa shape index (κ2) is 11.8. The van der Waals surface area contributed by atoms with Gasteiger partial charge in [0.25, 0.3) is 0 Å². The number of benzene rings is 3. The van der Waals surface area contributed by atoms with Crippen molar-refractivity contribution < 1.29 is 19.4 Å². The van der Waals surface area contributed by atoms with Gasteiger partial charge in [-0.25, -0.2) is 0 Å². The average Bonchev–Trinajstić information content (AvgIpc) is 2.80. The molecule has 33 heavy (non-hydrogen) atoms. The van der Waals surface area contributed by atoms with E-state index in [1.165, 1.54) is 5.56 Å². The van der Waals surface area contributed by atoms with Crippen molar-refractivity contribution >= 4 is 5.97 Å². The molecular weight excluding hydrogens is 412 g/mol. The van der Waals surface area contributed by atoms with Crippen molar-refractivity contribution in [2.75, 3.05) is 13.2 Å². The van der Waals surface area contributed by atoms with Gasteiger partial charge in [0.2, 0.25) is 0 Å². The number of hydrogen-bond acceptors (Lipinski definition) is 3. The van der Waals surface area contributed by atoms with Gasteiger partial charge in [0.15, 0.2) is 0 Å². The molecule has 0 bridgehead atoms. The summed E-state index contributed by atoms with van der Waals surface area (Å²) in [4.78, 5) is 11.9. The van der Waals surface area contributed by atoms with E-state index in [-0.39, 0.29) is 5.41 Å². The number of carboxylic acid groups (broad SMARTS) is 1. The summed E-state index contributed by atoms with van der Waals surface area (Å²) in [5.74, 6) is -1.37. The minimum Gasteiger partial charge on any atom is -0.481 e. The first-order valence-corrected chi connectivity index (χ1v) is 11.4. The number of carboxylic acids is 1. The van der Waals surface area contributed by atoms with Crippen LogP contribution < -0.4 is 0 Å². The zero-order valence-corrected chi connectivity index (χ0v) is 19.8. The maximum Gasteiger partial charge on any atom is 0.311 e. The van der Waals surface area contributed by atoms with Crippen LogP contribution in [0.1, 0.15) is 54.5 Å². The Balaban J connectivity index is 1.46. The van der Waals surface area contributed by atoms with Crippen LogP contribution in [0.3, 0.4) is 0 Å². The molecule has 0 spiro atoms. The van der Waals surface area contributed by atoms with E-state index < -0.39 is 11.9 Å². The van der Waals surface area contributed by atoms with Gasteiger partial charge in [0.1, 0.15) is 0 Å². The molecule has 3 rings (SSSR count). The molecule has 4 nitrogen and oxygen atoms in total. The third kappa shape index (κ3) is 7.85. The molecule has 0 fully saturated rings. The molecular formula is C29H34O4. The molecule has 1 atom stereocenters. The van der Waals surface area contributed by atoms with E-state index >= 15 is 0 Å². The summed E-state index contributed by atoms with van der Waals surface area (Å²) in [6.45, 7) is 8.62. The van der Waals surface area contributed by atoms with E-state index in [0.717, 1.165) is 22.3 Å². The molecule has 174 valence electrons. The smallest absolute Gasteiger partial charge is 0.311 e. The molecule has 1 N–H and O–H groups in total. The molecule has 3 aromatic rings. The molecule has 3 aromatic carbocycles. The van der Waals surface area contributed by atoms with E-state index in [2.05, 4.69) is 20.8 Å². The lowest BCUT2D eigenvalue weighted by Crippen LogP contribution is -2.16. The first kappa shape index (κ1) is 24.7. The summed E-state index contributed by atoms with van der Waals surface area (Å²) in [7, 11) is 0. The van der Waals surface area contributed by atoms with Crippen molar-refractivity contribution in [3.05, 3.63) is 107 Å². The molecule has 0 amide bonds. The predicted octanol–water partition coefficient (Wildman–Crippen LogP) is 6.13. The Bertz CT molecular complexity index is 987. The van der Waals surface area contributed by atoms with Gasteiger partial charge in [-0.05, 0) is 39.7 Å². The summed E-state index contributed by atoms with van der Waals surface area (Å²) in [6.07, 6.45) is 0.457. The lowest BCUT2D eigenvalue weighted by molar-refractivity contribution is -0.138. The Labute approximate surface area is 197 Å². The van der Waals surface area contributed by atoms with Crippen molar-refractivity contribution in [2.45, 2.75) is 51.7 Å². The van der Waals surface area contributed by atoms with E-state index in [0.29, 0.717) is 32.8 Å². The van der Waals surface area contributed by atoms with Gasteiger partial charge in [-0.15, -0.1) is 0 Å². The van der Waals surface area contributed by atoms with Crippen LogP contribution in [0.15, 0.2) is 78.9 Å². The van der Waals surface area contributed by atoms with Crippen LogP contribution in [-0.2, 0) is 39.3 Å². The fourth-order valence-electron chi connectivity index (χ4n) is 3.64. The summed E-state index contributed by atoms with van der Waals surface area (Å²) >= 11 is 0. The van der Waals surface area contributed by atoms with Gasteiger partial charge >= 0.3 is 5.97 Å². The highest BCUT2D eigenvalue weighted by molar-refractivity contribution is 5.76. The maximum absolute atomic E-state index is 11.9. The molecule has 0 aliphatic heterocycles. The fourth-order valence-corrected chi connectivity index (χ4v) is 3.64. The fraction of sp³-hybridized carbons (Fsp3) is 0.345. The third-order valence-electron chi connectivity index (χ3n) is 5.69. The largest absolute Gasteiger partial charge is 0.481 e. The normalized spacial score (nSPS) is 12.5. The summed E-state index contributed by atoms with van der Waals surface area (Å²) in [6, 6.07) is 26.0. The Hall–Kier alpha value is -2.95. The lowest BCUT2D eigenvalue weighted by atomic mass is 9.84.